The van der Waals surface area contributed by atoms with Gasteiger partial charge in [0.1, 0.15) is 11.3 Å². The summed E-state index contributed by atoms with van der Waals surface area (Å²) < 4.78 is 0. The number of anilines is 1. The fourth-order valence-electron chi connectivity index (χ4n) is 2.42. The van der Waals surface area contributed by atoms with Crippen molar-refractivity contribution in [2.24, 2.45) is 0 Å². The van der Waals surface area contributed by atoms with Gasteiger partial charge in [-0.2, -0.15) is 0 Å². The number of benzene rings is 2. The largest absolute Gasteiger partial charge is 0.397 e. The summed E-state index contributed by atoms with van der Waals surface area (Å²) in [6.45, 7) is 0. The van der Waals surface area contributed by atoms with E-state index in [4.69, 9.17) is 17.3 Å². The van der Waals surface area contributed by atoms with Crippen LogP contribution in [0.25, 0.3) is 33.5 Å². The van der Waals surface area contributed by atoms with Crippen LogP contribution in [0, 0.1) is 0 Å². The van der Waals surface area contributed by atoms with Crippen LogP contribution >= 0.6 is 11.6 Å². The molecule has 0 aliphatic heterocycles. The van der Waals surface area contributed by atoms with E-state index in [1.54, 1.807) is 24.5 Å². The molecule has 4 aromatic rings. The molecule has 2 aromatic carbocycles. The monoisotopic (exact) mass is 295 g/mol. The number of aromatic amines is 1. The standard InChI is InChI=1S/C15H10ClN5/c16-8-6-10(17)14-12(7-8)20-15(21-14)9-2-1-3-11-13(9)19-5-4-18-11/h1-7H,17H2,(H,20,21). The van der Waals surface area contributed by atoms with Crippen molar-refractivity contribution in [3.05, 3.63) is 47.7 Å². The first-order valence-corrected chi connectivity index (χ1v) is 6.75. The number of nitrogen functional groups attached to an aromatic ring is 1. The molecule has 0 spiro atoms. The van der Waals surface area contributed by atoms with Crippen LogP contribution in [0.15, 0.2) is 42.7 Å². The molecule has 4 rings (SSSR count). The molecule has 0 bridgehead atoms. The molecule has 0 amide bonds. The third-order valence-electron chi connectivity index (χ3n) is 3.33. The average Bonchev–Trinajstić information content (AvgIpc) is 2.90. The number of imidazole rings is 1. The lowest BCUT2D eigenvalue weighted by atomic mass is 10.1. The number of nitrogens with one attached hydrogen (secondary N) is 1. The fraction of sp³-hybridized carbons (Fsp3) is 0. The van der Waals surface area contributed by atoms with Crippen LogP contribution in [0.4, 0.5) is 5.69 Å². The molecule has 6 heteroatoms. The second-order valence-electron chi connectivity index (χ2n) is 4.71. The highest BCUT2D eigenvalue weighted by Gasteiger charge is 2.12. The summed E-state index contributed by atoms with van der Waals surface area (Å²) in [5.74, 6) is 0.699. The van der Waals surface area contributed by atoms with Gasteiger partial charge in [-0.1, -0.05) is 17.7 Å². The van der Waals surface area contributed by atoms with Crippen molar-refractivity contribution in [3.63, 3.8) is 0 Å². The third-order valence-corrected chi connectivity index (χ3v) is 3.55. The van der Waals surface area contributed by atoms with Gasteiger partial charge in [-0.25, -0.2) is 4.98 Å². The Morgan fingerprint density at radius 3 is 2.81 bits per heavy atom. The van der Waals surface area contributed by atoms with Gasteiger partial charge < -0.3 is 10.7 Å². The Labute approximate surface area is 124 Å². The van der Waals surface area contributed by atoms with Crippen LogP contribution in [-0.2, 0) is 0 Å². The number of nitrogens with zero attached hydrogens (tertiary/aromatic N) is 3. The van der Waals surface area contributed by atoms with E-state index in [-0.39, 0.29) is 0 Å². The molecule has 0 aliphatic carbocycles. The Balaban J connectivity index is 2.03. The predicted octanol–water partition coefficient (Wildman–Crippen LogP) is 3.41. The first kappa shape index (κ1) is 12.1. The van der Waals surface area contributed by atoms with Gasteiger partial charge >= 0.3 is 0 Å². The smallest absolute Gasteiger partial charge is 0.140 e. The van der Waals surface area contributed by atoms with Gasteiger partial charge in [-0.05, 0) is 24.3 Å². The Morgan fingerprint density at radius 1 is 1.05 bits per heavy atom. The molecule has 2 heterocycles. The van der Waals surface area contributed by atoms with Gasteiger partial charge in [0.2, 0.25) is 0 Å². The van der Waals surface area contributed by atoms with Crippen molar-refractivity contribution in [1.29, 1.82) is 0 Å². The van der Waals surface area contributed by atoms with E-state index in [0.717, 1.165) is 22.1 Å². The molecule has 0 saturated carbocycles. The summed E-state index contributed by atoms with van der Waals surface area (Å²) in [4.78, 5) is 16.5. The first-order chi connectivity index (χ1) is 10.2. The highest BCUT2D eigenvalue weighted by molar-refractivity contribution is 6.31. The average molecular weight is 296 g/mol. The minimum atomic E-state index is 0.548. The summed E-state index contributed by atoms with van der Waals surface area (Å²) in [7, 11) is 0. The molecule has 2 aromatic heterocycles. The number of halogens is 1. The summed E-state index contributed by atoms with van der Waals surface area (Å²) in [6.07, 6.45) is 3.34. The van der Waals surface area contributed by atoms with E-state index in [1.807, 2.05) is 18.2 Å². The number of para-hydroxylation sites is 1. The summed E-state index contributed by atoms with van der Waals surface area (Å²) >= 11 is 6.02. The van der Waals surface area contributed by atoms with Gasteiger partial charge in [-0.15, -0.1) is 0 Å². The maximum Gasteiger partial charge on any atom is 0.140 e. The number of aromatic nitrogens is 4. The van der Waals surface area contributed by atoms with Gasteiger partial charge in [0.05, 0.1) is 22.2 Å². The van der Waals surface area contributed by atoms with Crippen LogP contribution in [0.3, 0.4) is 0 Å². The van der Waals surface area contributed by atoms with E-state index in [2.05, 4.69) is 19.9 Å². The number of hydrogen-bond donors (Lipinski definition) is 2. The normalized spacial score (nSPS) is 11.3. The van der Waals surface area contributed by atoms with Crippen molar-refractivity contribution in [1.82, 2.24) is 19.9 Å². The maximum absolute atomic E-state index is 6.02. The highest BCUT2D eigenvalue weighted by Crippen LogP contribution is 2.29. The molecular weight excluding hydrogens is 286 g/mol. The summed E-state index contributed by atoms with van der Waals surface area (Å²) in [5.41, 5.74) is 10.5. The summed E-state index contributed by atoms with van der Waals surface area (Å²) in [5, 5.41) is 0.577. The van der Waals surface area contributed by atoms with Crippen molar-refractivity contribution in [2.45, 2.75) is 0 Å². The van der Waals surface area contributed by atoms with Crippen molar-refractivity contribution >= 4 is 39.4 Å². The second kappa shape index (κ2) is 4.43. The van der Waals surface area contributed by atoms with Crippen molar-refractivity contribution in [3.8, 4) is 11.4 Å². The molecule has 0 fully saturated rings. The van der Waals surface area contributed by atoms with Crippen LogP contribution in [0.2, 0.25) is 5.02 Å². The minimum Gasteiger partial charge on any atom is -0.397 e. The molecule has 0 saturated heterocycles. The van der Waals surface area contributed by atoms with Gasteiger partial charge in [0, 0.05) is 23.0 Å². The minimum absolute atomic E-state index is 0.548. The van der Waals surface area contributed by atoms with E-state index in [1.165, 1.54) is 0 Å². The van der Waals surface area contributed by atoms with Crippen LogP contribution in [-0.4, -0.2) is 19.9 Å². The zero-order valence-corrected chi connectivity index (χ0v) is 11.6. The lowest BCUT2D eigenvalue weighted by Gasteiger charge is -2.01. The number of rotatable bonds is 1. The van der Waals surface area contributed by atoms with E-state index < -0.39 is 0 Å². The Kier molecular flexibility index (Phi) is 2.55. The molecule has 21 heavy (non-hydrogen) atoms. The molecule has 102 valence electrons. The zero-order valence-electron chi connectivity index (χ0n) is 10.8. The quantitative estimate of drug-likeness (QED) is 0.527. The number of hydrogen-bond acceptors (Lipinski definition) is 4. The van der Waals surface area contributed by atoms with Gasteiger partial charge in [0.15, 0.2) is 0 Å². The highest BCUT2D eigenvalue weighted by atomic mass is 35.5. The Bertz CT molecular complexity index is 971. The topological polar surface area (TPSA) is 80.5 Å². The third kappa shape index (κ3) is 1.90. The maximum atomic E-state index is 6.02. The van der Waals surface area contributed by atoms with E-state index >= 15 is 0 Å². The zero-order chi connectivity index (χ0) is 14.4. The number of fused-ring (bicyclic) bond motifs is 2. The van der Waals surface area contributed by atoms with E-state index in [0.29, 0.717) is 22.1 Å². The van der Waals surface area contributed by atoms with Crippen molar-refractivity contribution in [2.75, 3.05) is 5.73 Å². The number of nitrogens with two attached hydrogens (primary N) is 1. The fourth-order valence-corrected chi connectivity index (χ4v) is 2.65. The van der Waals surface area contributed by atoms with Crippen LogP contribution in [0.5, 0.6) is 0 Å². The molecule has 0 unspecified atom stereocenters. The molecule has 0 aliphatic rings. The molecule has 0 radical (unpaired) electrons. The van der Waals surface area contributed by atoms with Gasteiger partial charge in [-0.3, -0.25) is 9.97 Å². The molecule has 5 nitrogen and oxygen atoms in total. The second-order valence-corrected chi connectivity index (χ2v) is 5.14. The number of H-pyrrole nitrogens is 1. The Hall–Kier alpha value is -2.66. The summed E-state index contributed by atoms with van der Waals surface area (Å²) in [6, 6.07) is 9.29. The SMILES string of the molecule is Nc1cc(Cl)cc2[nH]c(-c3cccc4nccnc34)nc12. The molecular formula is C15H10ClN5. The Morgan fingerprint density at radius 2 is 1.90 bits per heavy atom. The molecule has 0 atom stereocenters. The van der Waals surface area contributed by atoms with E-state index in [9.17, 15) is 0 Å². The van der Waals surface area contributed by atoms with Gasteiger partial charge in [0.25, 0.3) is 0 Å². The van der Waals surface area contributed by atoms with Crippen molar-refractivity contribution < 1.29 is 0 Å². The van der Waals surface area contributed by atoms with Crippen LogP contribution < -0.4 is 5.73 Å². The lowest BCUT2D eigenvalue weighted by molar-refractivity contribution is 1.27. The molecule has 3 N–H and O–H groups in total. The first-order valence-electron chi connectivity index (χ1n) is 6.37. The lowest BCUT2D eigenvalue weighted by Crippen LogP contribution is -1.88. The van der Waals surface area contributed by atoms with Crippen LogP contribution in [0.1, 0.15) is 0 Å². The predicted molar refractivity (Wildman–Crippen MR) is 84.0 cm³/mol.